The van der Waals surface area contributed by atoms with Crippen LogP contribution < -0.4 is 11.1 Å². The zero-order chi connectivity index (χ0) is 16.7. The van der Waals surface area contributed by atoms with Crippen molar-refractivity contribution in [2.45, 2.75) is 19.5 Å². The van der Waals surface area contributed by atoms with E-state index in [1.807, 2.05) is 42.2 Å². The Morgan fingerprint density at radius 1 is 1.22 bits per heavy atom. The van der Waals surface area contributed by atoms with Gasteiger partial charge < -0.3 is 16.2 Å². The lowest BCUT2D eigenvalue weighted by atomic mass is 10.1. The van der Waals surface area contributed by atoms with Gasteiger partial charge in [-0.25, -0.2) is 0 Å². The number of hydrogen-bond donors (Lipinski definition) is 3. The molecule has 1 amide bonds. The minimum absolute atomic E-state index is 0.00272. The second kappa shape index (κ2) is 8.31. The number of amides is 1. The summed E-state index contributed by atoms with van der Waals surface area (Å²) in [5.41, 5.74) is 8.10. The molecular formula is C18H23N3O2. The maximum Gasteiger partial charge on any atom is 0.241 e. The van der Waals surface area contributed by atoms with E-state index in [9.17, 15) is 9.90 Å². The fraction of sp³-hybridized carbons (Fsp3) is 0.278. The standard InChI is InChI=1S/C18H23N3O2/c1-14(18(23)20-17-9-5-8-16(19)12-17)21(10-11-22)13-15-6-3-2-4-7-15/h2-9,12,14,22H,10-11,13,19H2,1H3,(H,20,23). The van der Waals surface area contributed by atoms with Crippen molar-refractivity contribution in [3.8, 4) is 0 Å². The van der Waals surface area contributed by atoms with E-state index in [-0.39, 0.29) is 18.6 Å². The SMILES string of the molecule is CC(C(=O)Nc1cccc(N)c1)N(CCO)Cc1ccccc1. The number of nitrogens with one attached hydrogen (secondary N) is 1. The number of nitrogen functional groups attached to an aromatic ring is 1. The molecule has 0 fully saturated rings. The largest absolute Gasteiger partial charge is 0.399 e. The predicted octanol–water partition coefficient (Wildman–Crippen LogP) is 2.09. The second-order valence-electron chi connectivity index (χ2n) is 5.47. The summed E-state index contributed by atoms with van der Waals surface area (Å²) >= 11 is 0. The highest BCUT2D eigenvalue weighted by atomic mass is 16.3. The van der Waals surface area contributed by atoms with Crippen molar-refractivity contribution in [3.05, 3.63) is 60.2 Å². The molecule has 0 radical (unpaired) electrons. The van der Waals surface area contributed by atoms with Crippen molar-refractivity contribution in [2.24, 2.45) is 0 Å². The maximum absolute atomic E-state index is 12.5. The Hall–Kier alpha value is -2.37. The first-order valence-electron chi connectivity index (χ1n) is 7.65. The van der Waals surface area contributed by atoms with E-state index in [1.165, 1.54) is 0 Å². The van der Waals surface area contributed by atoms with Crippen molar-refractivity contribution in [1.29, 1.82) is 0 Å². The van der Waals surface area contributed by atoms with Gasteiger partial charge in [0.1, 0.15) is 0 Å². The van der Waals surface area contributed by atoms with E-state index < -0.39 is 0 Å². The van der Waals surface area contributed by atoms with E-state index in [4.69, 9.17) is 5.73 Å². The summed E-state index contributed by atoms with van der Waals surface area (Å²) < 4.78 is 0. The third-order valence-corrected chi connectivity index (χ3v) is 3.70. The van der Waals surface area contributed by atoms with Gasteiger partial charge in [0.15, 0.2) is 0 Å². The minimum atomic E-state index is -0.371. The fourth-order valence-electron chi connectivity index (χ4n) is 2.38. The Labute approximate surface area is 136 Å². The molecule has 0 aliphatic rings. The fourth-order valence-corrected chi connectivity index (χ4v) is 2.38. The highest BCUT2D eigenvalue weighted by molar-refractivity contribution is 5.94. The quantitative estimate of drug-likeness (QED) is 0.684. The summed E-state index contributed by atoms with van der Waals surface area (Å²) in [7, 11) is 0. The first-order valence-corrected chi connectivity index (χ1v) is 7.65. The molecule has 4 N–H and O–H groups in total. The highest BCUT2D eigenvalue weighted by Gasteiger charge is 2.21. The first kappa shape index (κ1) is 17.0. The van der Waals surface area contributed by atoms with Crippen LogP contribution in [0.25, 0.3) is 0 Å². The van der Waals surface area contributed by atoms with Crippen molar-refractivity contribution in [2.75, 3.05) is 24.2 Å². The summed E-state index contributed by atoms with van der Waals surface area (Å²) in [5, 5.41) is 12.1. The number of carbonyl (C=O) groups excluding carboxylic acids is 1. The topological polar surface area (TPSA) is 78.6 Å². The molecule has 5 heteroatoms. The molecule has 0 heterocycles. The van der Waals surface area contributed by atoms with Crippen LogP contribution in [0.15, 0.2) is 54.6 Å². The normalized spacial score (nSPS) is 12.1. The Bertz CT molecular complexity index is 631. The summed E-state index contributed by atoms with van der Waals surface area (Å²) in [6, 6.07) is 16.6. The lowest BCUT2D eigenvalue weighted by Gasteiger charge is -2.27. The molecule has 0 spiro atoms. The maximum atomic E-state index is 12.5. The van der Waals surface area contributed by atoms with Gasteiger partial charge in [-0.05, 0) is 30.7 Å². The Morgan fingerprint density at radius 2 is 1.96 bits per heavy atom. The van der Waals surface area contributed by atoms with Crippen molar-refractivity contribution < 1.29 is 9.90 Å². The Morgan fingerprint density at radius 3 is 2.61 bits per heavy atom. The van der Waals surface area contributed by atoms with Crippen LogP contribution in [0, 0.1) is 0 Å². The third-order valence-electron chi connectivity index (χ3n) is 3.70. The van der Waals surface area contributed by atoms with E-state index >= 15 is 0 Å². The predicted molar refractivity (Wildman–Crippen MR) is 92.9 cm³/mol. The average molecular weight is 313 g/mol. The zero-order valence-corrected chi connectivity index (χ0v) is 13.3. The summed E-state index contributed by atoms with van der Waals surface area (Å²) in [6.07, 6.45) is 0. The van der Waals surface area contributed by atoms with Crippen LogP contribution in [0.3, 0.4) is 0 Å². The number of nitrogens with zero attached hydrogens (tertiary/aromatic N) is 1. The molecule has 2 aromatic rings. The molecule has 23 heavy (non-hydrogen) atoms. The van der Waals surface area contributed by atoms with Gasteiger partial charge in [-0.1, -0.05) is 36.4 Å². The molecule has 2 aromatic carbocycles. The van der Waals surface area contributed by atoms with Gasteiger partial charge in [0.25, 0.3) is 0 Å². The second-order valence-corrected chi connectivity index (χ2v) is 5.47. The van der Waals surface area contributed by atoms with Gasteiger partial charge in [-0.15, -0.1) is 0 Å². The van der Waals surface area contributed by atoms with E-state index in [2.05, 4.69) is 5.32 Å². The van der Waals surface area contributed by atoms with Crippen LogP contribution in [0.4, 0.5) is 11.4 Å². The van der Waals surface area contributed by atoms with Crippen LogP contribution in [0.1, 0.15) is 12.5 Å². The number of aliphatic hydroxyl groups excluding tert-OH is 1. The molecule has 122 valence electrons. The summed E-state index contributed by atoms with van der Waals surface area (Å²) in [6.45, 7) is 2.87. The van der Waals surface area contributed by atoms with Crippen LogP contribution in [0.5, 0.6) is 0 Å². The molecule has 0 aromatic heterocycles. The van der Waals surface area contributed by atoms with E-state index in [0.717, 1.165) is 5.56 Å². The van der Waals surface area contributed by atoms with Gasteiger partial charge in [0.2, 0.25) is 5.91 Å². The average Bonchev–Trinajstić information content (AvgIpc) is 2.55. The third kappa shape index (κ3) is 5.09. The van der Waals surface area contributed by atoms with Crippen molar-refractivity contribution in [3.63, 3.8) is 0 Å². The lowest BCUT2D eigenvalue weighted by molar-refractivity contribution is -0.121. The number of aliphatic hydroxyl groups is 1. The summed E-state index contributed by atoms with van der Waals surface area (Å²) in [4.78, 5) is 14.4. The number of hydrogen-bond acceptors (Lipinski definition) is 4. The molecule has 0 saturated carbocycles. The van der Waals surface area contributed by atoms with Crippen LogP contribution in [-0.4, -0.2) is 35.1 Å². The number of carbonyl (C=O) groups is 1. The number of anilines is 2. The zero-order valence-electron chi connectivity index (χ0n) is 13.3. The van der Waals surface area contributed by atoms with Crippen molar-refractivity contribution in [1.82, 2.24) is 4.90 Å². The first-order chi connectivity index (χ1) is 11.1. The van der Waals surface area contributed by atoms with E-state index in [0.29, 0.717) is 24.5 Å². The molecular weight excluding hydrogens is 290 g/mol. The van der Waals surface area contributed by atoms with Crippen LogP contribution >= 0.6 is 0 Å². The molecule has 0 bridgehead atoms. The number of nitrogens with two attached hydrogens (primary N) is 1. The van der Waals surface area contributed by atoms with Gasteiger partial charge in [0.05, 0.1) is 12.6 Å². The van der Waals surface area contributed by atoms with Crippen LogP contribution in [0.2, 0.25) is 0 Å². The summed E-state index contributed by atoms with van der Waals surface area (Å²) in [5.74, 6) is -0.125. The van der Waals surface area contributed by atoms with Gasteiger partial charge >= 0.3 is 0 Å². The molecule has 0 saturated heterocycles. The van der Waals surface area contributed by atoms with Crippen molar-refractivity contribution >= 4 is 17.3 Å². The van der Waals surface area contributed by atoms with Gasteiger partial charge in [-0.2, -0.15) is 0 Å². The molecule has 2 rings (SSSR count). The molecule has 0 aliphatic heterocycles. The van der Waals surface area contributed by atoms with E-state index in [1.54, 1.807) is 24.3 Å². The monoisotopic (exact) mass is 313 g/mol. The smallest absolute Gasteiger partial charge is 0.241 e. The molecule has 5 nitrogen and oxygen atoms in total. The van der Waals surface area contributed by atoms with Gasteiger partial charge in [0, 0.05) is 24.5 Å². The van der Waals surface area contributed by atoms with Gasteiger partial charge in [-0.3, -0.25) is 9.69 Å². The Balaban J connectivity index is 2.04. The molecule has 1 unspecified atom stereocenters. The van der Waals surface area contributed by atoms with Crippen LogP contribution in [-0.2, 0) is 11.3 Å². The lowest BCUT2D eigenvalue weighted by Crippen LogP contribution is -2.43. The Kier molecular flexibility index (Phi) is 6.14. The number of rotatable bonds is 7. The molecule has 1 atom stereocenters. The highest BCUT2D eigenvalue weighted by Crippen LogP contribution is 2.14. The molecule has 0 aliphatic carbocycles. The number of benzene rings is 2. The minimum Gasteiger partial charge on any atom is -0.399 e.